The summed E-state index contributed by atoms with van der Waals surface area (Å²) in [6.07, 6.45) is 3.71. The van der Waals surface area contributed by atoms with Crippen molar-refractivity contribution in [3.8, 4) is 0 Å². The number of hydrogen-bond donors (Lipinski definition) is 1. The lowest BCUT2D eigenvalue weighted by Crippen LogP contribution is -1.78. The Kier molecular flexibility index (Phi) is 1.46. The zero-order valence-corrected chi connectivity index (χ0v) is 7.64. The van der Waals surface area contributed by atoms with E-state index in [0.717, 1.165) is 10.1 Å². The summed E-state index contributed by atoms with van der Waals surface area (Å²) in [6, 6.07) is 2.00. The molecule has 0 saturated heterocycles. The summed E-state index contributed by atoms with van der Waals surface area (Å²) in [6.45, 7) is 2.07. The van der Waals surface area contributed by atoms with E-state index in [1.54, 1.807) is 6.20 Å². The summed E-state index contributed by atoms with van der Waals surface area (Å²) in [5.41, 5.74) is 2.18. The number of nitrogens with one attached hydrogen (secondary N) is 1. The van der Waals surface area contributed by atoms with Crippen LogP contribution in [0, 0.1) is 6.92 Å². The highest BCUT2D eigenvalue weighted by Gasteiger charge is 2.02. The van der Waals surface area contributed by atoms with E-state index < -0.39 is 0 Å². The Labute approximate surface area is 72.8 Å². The SMILES string of the molecule is Cc1ccnc2[nH]cc(Br)c12. The Morgan fingerprint density at radius 2 is 2.36 bits per heavy atom. The highest BCUT2D eigenvalue weighted by molar-refractivity contribution is 9.10. The summed E-state index contributed by atoms with van der Waals surface area (Å²) >= 11 is 3.45. The van der Waals surface area contributed by atoms with Crippen molar-refractivity contribution in [3.05, 3.63) is 28.5 Å². The average molecular weight is 211 g/mol. The number of fused-ring (bicyclic) bond motifs is 1. The Bertz CT molecular complexity index is 392. The predicted octanol–water partition coefficient (Wildman–Crippen LogP) is 2.63. The fourth-order valence-electron chi connectivity index (χ4n) is 1.17. The van der Waals surface area contributed by atoms with Crippen LogP contribution in [-0.2, 0) is 0 Å². The molecule has 1 N–H and O–H groups in total. The van der Waals surface area contributed by atoms with Gasteiger partial charge in [0.1, 0.15) is 5.65 Å². The molecule has 0 aliphatic carbocycles. The molecule has 2 rings (SSSR count). The Morgan fingerprint density at radius 1 is 1.55 bits per heavy atom. The van der Waals surface area contributed by atoms with Gasteiger partial charge in [0.25, 0.3) is 0 Å². The molecule has 3 heteroatoms. The first-order valence-electron chi connectivity index (χ1n) is 3.37. The average Bonchev–Trinajstić information content (AvgIpc) is 2.34. The summed E-state index contributed by atoms with van der Waals surface area (Å²) in [5, 5.41) is 1.17. The van der Waals surface area contributed by atoms with Crippen LogP contribution in [0.25, 0.3) is 11.0 Å². The molecule has 0 aliphatic rings. The molecule has 2 aromatic heterocycles. The molecule has 2 nitrogen and oxygen atoms in total. The van der Waals surface area contributed by atoms with Crippen molar-refractivity contribution in [3.63, 3.8) is 0 Å². The molecule has 11 heavy (non-hydrogen) atoms. The van der Waals surface area contributed by atoms with Gasteiger partial charge in [0.05, 0.1) is 0 Å². The number of aromatic amines is 1. The van der Waals surface area contributed by atoms with Gasteiger partial charge in [-0.2, -0.15) is 0 Å². The van der Waals surface area contributed by atoms with Crippen LogP contribution in [0.1, 0.15) is 5.56 Å². The standard InChI is InChI=1S/C8H7BrN2/c1-5-2-3-10-8-7(5)6(9)4-11-8/h2-4H,1H3,(H,10,11). The minimum Gasteiger partial charge on any atom is -0.345 e. The zero-order chi connectivity index (χ0) is 7.84. The summed E-state index contributed by atoms with van der Waals surface area (Å²) in [7, 11) is 0. The largest absolute Gasteiger partial charge is 0.345 e. The third-order valence-corrected chi connectivity index (χ3v) is 2.36. The van der Waals surface area contributed by atoms with Gasteiger partial charge in [0.2, 0.25) is 0 Å². The lowest BCUT2D eigenvalue weighted by Gasteiger charge is -1.93. The minimum absolute atomic E-state index is 0.942. The molecule has 0 aliphatic heterocycles. The van der Waals surface area contributed by atoms with Crippen molar-refractivity contribution >= 4 is 27.0 Å². The van der Waals surface area contributed by atoms with Crippen molar-refractivity contribution in [2.24, 2.45) is 0 Å². The fourth-order valence-corrected chi connectivity index (χ4v) is 1.79. The van der Waals surface area contributed by atoms with E-state index in [4.69, 9.17) is 0 Å². The highest BCUT2D eigenvalue weighted by atomic mass is 79.9. The Hall–Kier alpha value is -0.830. The number of pyridine rings is 1. The van der Waals surface area contributed by atoms with Crippen LogP contribution < -0.4 is 0 Å². The number of nitrogens with zero attached hydrogens (tertiary/aromatic N) is 1. The third-order valence-electron chi connectivity index (χ3n) is 1.73. The van der Waals surface area contributed by atoms with Gasteiger partial charge in [-0.25, -0.2) is 4.98 Å². The predicted molar refractivity (Wildman–Crippen MR) is 48.5 cm³/mol. The first-order valence-corrected chi connectivity index (χ1v) is 4.16. The minimum atomic E-state index is 0.942. The maximum absolute atomic E-state index is 4.18. The number of halogens is 1. The number of rotatable bonds is 0. The Morgan fingerprint density at radius 3 is 3.09 bits per heavy atom. The van der Waals surface area contributed by atoms with Crippen LogP contribution in [0.15, 0.2) is 22.9 Å². The highest BCUT2D eigenvalue weighted by Crippen LogP contribution is 2.24. The topological polar surface area (TPSA) is 28.7 Å². The lowest BCUT2D eigenvalue weighted by atomic mass is 10.2. The van der Waals surface area contributed by atoms with E-state index in [2.05, 4.69) is 32.8 Å². The second kappa shape index (κ2) is 2.34. The van der Waals surface area contributed by atoms with Gasteiger partial charge < -0.3 is 4.98 Å². The monoisotopic (exact) mass is 210 g/mol. The molecule has 2 heterocycles. The van der Waals surface area contributed by atoms with Crippen molar-refractivity contribution < 1.29 is 0 Å². The van der Waals surface area contributed by atoms with E-state index >= 15 is 0 Å². The molecular formula is C8H7BrN2. The smallest absolute Gasteiger partial charge is 0.138 e. The van der Waals surface area contributed by atoms with Gasteiger partial charge >= 0.3 is 0 Å². The van der Waals surface area contributed by atoms with E-state index in [1.165, 1.54) is 10.9 Å². The van der Waals surface area contributed by atoms with Gasteiger partial charge in [0, 0.05) is 22.3 Å². The van der Waals surface area contributed by atoms with E-state index in [0.29, 0.717) is 0 Å². The molecule has 0 radical (unpaired) electrons. The number of aromatic nitrogens is 2. The van der Waals surface area contributed by atoms with E-state index in [1.807, 2.05) is 12.3 Å². The molecule has 0 fully saturated rings. The van der Waals surface area contributed by atoms with Gasteiger partial charge in [-0.15, -0.1) is 0 Å². The number of H-pyrrole nitrogens is 1. The van der Waals surface area contributed by atoms with E-state index in [-0.39, 0.29) is 0 Å². The van der Waals surface area contributed by atoms with Crippen LogP contribution in [0.5, 0.6) is 0 Å². The first-order chi connectivity index (χ1) is 5.29. The van der Waals surface area contributed by atoms with Crippen LogP contribution >= 0.6 is 15.9 Å². The fraction of sp³-hybridized carbons (Fsp3) is 0.125. The molecule has 0 atom stereocenters. The summed E-state index contributed by atoms with van der Waals surface area (Å²) in [5.74, 6) is 0. The molecular weight excluding hydrogens is 204 g/mol. The van der Waals surface area contributed by atoms with Gasteiger partial charge in [-0.1, -0.05) is 0 Å². The van der Waals surface area contributed by atoms with Crippen LogP contribution in [0.2, 0.25) is 0 Å². The van der Waals surface area contributed by atoms with Crippen LogP contribution in [-0.4, -0.2) is 9.97 Å². The van der Waals surface area contributed by atoms with Crippen molar-refractivity contribution in [2.45, 2.75) is 6.92 Å². The van der Waals surface area contributed by atoms with Crippen molar-refractivity contribution in [1.29, 1.82) is 0 Å². The molecule has 0 spiro atoms. The van der Waals surface area contributed by atoms with Crippen LogP contribution in [0.3, 0.4) is 0 Å². The van der Waals surface area contributed by atoms with Gasteiger partial charge in [-0.05, 0) is 34.5 Å². The lowest BCUT2D eigenvalue weighted by molar-refractivity contribution is 1.31. The summed E-state index contributed by atoms with van der Waals surface area (Å²) in [4.78, 5) is 7.25. The Balaban J connectivity index is 2.96. The normalized spacial score (nSPS) is 10.7. The maximum atomic E-state index is 4.18. The third kappa shape index (κ3) is 0.959. The quantitative estimate of drug-likeness (QED) is 0.712. The number of aryl methyl sites for hydroxylation is 1. The van der Waals surface area contributed by atoms with Crippen molar-refractivity contribution in [2.75, 3.05) is 0 Å². The maximum Gasteiger partial charge on any atom is 0.138 e. The molecule has 0 unspecified atom stereocenters. The molecule has 56 valence electrons. The number of hydrogen-bond acceptors (Lipinski definition) is 1. The molecule has 0 bridgehead atoms. The second-order valence-electron chi connectivity index (χ2n) is 2.49. The van der Waals surface area contributed by atoms with Gasteiger partial charge in [-0.3, -0.25) is 0 Å². The molecule has 0 amide bonds. The first kappa shape index (κ1) is 6.85. The summed E-state index contributed by atoms with van der Waals surface area (Å²) < 4.78 is 1.08. The molecule has 0 saturated carbocycles. The van der Waals surface area contributed by atoms with Crippen LogP contribution in [0.4, 0.5) is 0 Å². The zero-order valence-electron chi connectivity index (χ0n) is 6.06. The van der Waals surface area contributed by atoms with E-state index in [9.17, 15) is 0 Å². The molecule has 2 aromatic rings. The van der Waals surface area contributed by atoms with Gasteiger partial charge in [0.15, 0.2) is 0 Å². The molecule has 0 aromatic carbocycles. The van der Waals surface area contributed by atoms with Crippen molar-refractivity contribution in [1.82, 2.24) is 9.97 Å². The second-order valence-corrected chi connectivity index (χ2v) is 3.34.